The summed E-state index contributed by atoms with van der Waals surface area (Å²) in [6.45, 7) is 1.90. The van der Waals surface area contributed by atoms with Gasteiger partial charge in [-0.05, 0) is 43.9 Å². The number of nitrogens with zero attached hydrogens (tertiary/aromatic N) is 1. The molecule has 1 aromatic heterocycles. The maximum Gasteiger partial charge on any atom is 0.245 e. The Hall–Kier alpha value is -2.61. The Morgan fingerprint density at radius 1 is 1.10 bits per heavy atom. The van der Waals surface area contributed by atoms with Gasteiger partial charge in [-0.1, -0.05) is 19.3 Å². The third-order valence-electron chi connectivity index (χ3n) is 5.34. The second-order valence-corrected chi connectivity index (χ2v) is 8.73. The Bertz CT molecular complexity index is 891. The molecule has 0 atom stereocenters. The molecule has 1 aliphatic carbocycles. The minimum atomic E-state index is -0.278. The summed E-state index contributed by atoms with van der Waals surface area (Å²) in [6.07, 6.45) is 6.38. The summed E-state index contributed by atoms with van der Waals surface area (Å²) in [5.74, 6) is 1.38. The summed E-state index contributed by atoms with van der Waals surface area (Å²) in [5, 5.41) is 6.01. The second kappa shape index (κ2) is 10.4. The zero-order chi connectivity index (χ0) is 21.5. The molecule has 1 aromatic carbocycles. The molecule has 0 bridgehead atoms. The zero-order valence-corrected chi connectivity index (χ0v) is 18.6. The Balaban J connectivity index is 1.56. The van der Waals surface area contributed by atoms with Gasteiger partial charge in [-0.25, -0.2) is 4.98 Å². The van der Waals surface area contributed by atoms with Crippen molar-refractivity contribution in [3.8, 4) is 22.8 Å². The molecule has 1 saturated carbocycles. The number of aromatic nitrogens is 1. The molecule has 1 fully saturated rings. The number of hydrogen-bond donors (Lipinski definition) is 2. The molecule has 0 spiro atoms. The lowest BCUT2D eigenvalue weighted by Crippen LogP contribution is -2.34. The van der Waals surface area contributed by atoms with E-state index in [1.807, 2.05) is 25.1 Å². The number of rotatable bonds is 8. The Labute approximate surface area is 181 Å². The number of anilines is 1. The van der Waals surface area contributed by atoms with E-state index in [1.165, 1.54) is 30.6 Å². The van der Waals surface area contributed by atoms with Gasteiger partial charge in [0, 0.05) is 16.9 Å². The highest BCUT2D eigenvalue weighted by Crippen LogP contribution is 2.36. The first-order valence-electron chi connectivity index (χ1n) is 10.3. The van der Waals surface area contributed by atoms with Gasteiger partial charge in [0.2, 0.25) is 11.8 Å². The van der Waals surface area contributed by atoms with Gasteiger partial charge in [-0.3, -0.25) is 9.59 Å². The largest absolute Gasteiger partial charge is 0.493 e. The first-order chi connectivity index (χ1) is 14.5. The van der Waals surface area contributed by atoms with Gasteiger partial charge in [0.25, 0.3) is 0 Å². The van der Waals surface area contributed by atoms with Crippen molar-refractivity contribution in [2.45, 2.75) is 45.4 Å². The standard InChI is InChI=1S/C22H29N3O4S/c1-14-21(16-9-10-17(28-2)18(12-16)29-3)25-22(30-14)24-20(27)13-23-19(26)11-15-7-5-4-6-8-15/h9-10,12,15H,4-8,11,13H2,1-3H3,(H,23,26)(H,24,25,27). The molecule has 1 aliphatic rings. The summed E-state index contributed by atoms with van der Waals surface area (Å²) < 4.78 is 10.6. The maximum atomic E-state index is 12.3. The lowest BCUT2D eigenvalue weighted by molar-refractivity contribution is -0.125. The molecule has 0 radical (unpaired) electrons. The number of nitrogens with one attached hydrogen (secondary N) is 2. The van der Waals surface area contributed by atoms with E-state index in [-0.39, 0.29) is 18.4 Å². The normalized spacial score (nSPS) is 14.2. The minimum Gasteiger partial charge on any atom is -0.493 e. The number of hydrogen-bond acceptors (Lipinski definition) is 6. The van der Waals surface area contributed by atoms with Gasteiger partial charge in [-0.15, -0.1) is 11.3 Å². The predicted octanol–water partition coefficient (Wildman–Crippen LogP) is 4.16. The summed E-state index contributed by atoms with van der Waals surface area (Å²) in [6, 6.07) is 5.59. The Morgan fingerprint density at radius 3 is 2.53 bits per heavy atom. The molecular formula is C22H29N3O4S. The molecule has 2 amide bonds. The van der Waals surface area contributed by atoms with E-state index in [4.69, 9.17) is 9.47 Å². The number of thiazole rings is 1. The van der Waals surface area contributed by atoms with Crippen molar-refractivity contribution >= 4 is 28.3 Å². The molecule has 2 N–H and O–H groups in total. The highest BCUT2D eigenvalue weighted by atomic mass is 32.1. The van der Waals surface area contributed by atoms with Gasteiger partial charge < -0.3 is 20.1 Å². The molecule has 7 nitrogen and oxygen atoms in total. The fourth-order valence-corrected chi connectivity index (χ4v) is 4.62. The molecule has 30 heavy (non-hydrogen) atoms. The summed E-state index contributed by atoms with van der Waals surface area (Å²) in [4.78, 5) is 29.9. The lowest BCUT2D eigenvalue weighted by atomic mass is 9.87. The molecule has 3 rings (SSSR count). The molecular weight excluding hydrogens is 402 g/mol. The second-order valence-electron chi connectivity index (χ2n) is 7.53. The summed E-state index contributed by atoms with van der Waals surface area (Å²) in [5.41, 5.74) is 1.65. The molecule has 1 heterocycles. The van der Waals surface area contributed by atoms with E-state index < -0.39 is 0 Å². The van der Waals surface area contributed by atoms with Gasteiger partial charge in [0.15, 0.2) is 16.6 Å². The van der Waals surface area contributed by atoms with Crippen LogP contribution in [-0.2, 0) is 9.59 Å². The first-order valence-corrected chi connectivity index (χ1v) is 11.1. The quantitative estimate of drug-likeness (QED) is 0.655. The zero-order valence-electron chi connectivity index (χ0n) is 17.7. The van der Waals surface area contributed by atoms with E-state index in [2.05, 4.69) is 15.6 Å². The van der Waals surface area contributed by atoms with Crippen LogP contribution in [0.25, 0.3) is 11.3 Å². The van der Waals surface area contributed by atoms with Crippen LogP contribution in [0, 0.1) is 12.8 Å². The third kappa shape index (κ3) is 5.72. The average Bonchev–Trinajstić information content (AvgIpc) is 3.12. The van der Waals surface area contributed by atoms with Crippen LogP contribution >= 0.6 is 11.3 Å². The molecule has 0 unspecified atom stereocenters. The van der Waals surface area contributed by atoms with E-state index in [1.54, 1.807) is 14.2 Å². The number of carbonyl (C=O) groups excluding carboxylic acids is 2. The molecule has 0 aliphatic heterocycles. The maximum absolute atomic E-state index is 12.3. The van der Waals surface area contributed by atoms with Crippen LogP contribution in [0.2, 0.25) is 0 Å². The van der Waals surface area contributed by atoms with Gasteiger partial charge >= 0.3 is 0 Å². The number of ether oxygens (including phenoxy) is 2. The highest BCUT2D eigenvalue weighted by molar-refractivity contribution is 7.16. The van der Waals surface area contributed by atoms with Crippen LogP contribution in [0.15, 0.2) is 18.2 Å². The van der Waals surface area contributed by atoms with Crippen molar-refractivity contribution in [3.63, 3.8) is 0 Å². The fraction of sp³-hybridized carbons (Fsp3) is 0.500. The average molecular weight is 432 g/mol. The van der Waals surface area contributed by atoms with Crippen molar-refractivity contribution in [3.05, 3.63) is 23.1 Å². The predicted molar refractivity (Wildman–Crippen MR) is 118 cm³/mol. The van der Waals surface area contributed by atoms with Crippen molar-refractivity contribution in [1.82, 2.24) is 10.3 Å². The van der Waals surface area contributed by atoms with Crippen molar-refractivity contribution in [2.75, 3.05) is 26.1 Å². The number of aryl methyl sites for hydroxylation is 1. The van der Waals surface area contributed by atoms with Crippen LogP contribution in [-0.4, -0.2) is 37.6 Å². The Morgan fingerprint density at radius 2 is 1.83 bits per heavy atom. The number of methoxy groups -OCH3 is 2. The van der Waals surface area contributed by atoms with Crippen LogP contribution in [0.1, 0.15) is 43.4 Å². The van der Waals surface area contributed by atoms with E-state index >= 15 is 0 Å². The topological polar surface area (TPSA) is 89.5 Å². The van der Waals surface area contributed by atoms with Crippen LogP contribution in [0.4, 0.5) is 5.13 Å². The first kappa shape index (κ1) is 22.1. The molecule has 2 aromatic rings. The van der Waals surface area contributed by atoms with Crippen molar-refractivity contribution < 1.29 is 19.1 Å². The van der Waals surface area contributed by atoms with Crippen molar-refractivity contribution in [2.24, 2.45) is 5.92 Å². The highest BCUT2D eigenvalue weighted by Gasteiger charge is 2.18. The number of amides is 2. The van der Waals surface area contributed by atoms with Crippen LogP contribution < -0.4 is 20.1 Å². The Kier molecular flexibility index (Phi) is 7.68. The number of carbonyl (C=O) groups is 2. The van der Waals surface area contributed by atoms with Crippen LogP contribution in [0.5, 0.6) is 11.5 Å². The SMILES string of the molecule is COc1ccc(-c2nc(NC(=O)CNC(=O)CC3CCCCC3)sc2C)cc1OC. The monoisotopic (exact) mass is 431 g/mol. The number of benzene rings is 1. The summed E-state index contributed by atoms with van der Waals surface area (Å²) >= 11 is 1.40. The van der Waals surface area contributed by atoms with Crippen LogP contribution in [0.3, 0.4) is 0 Å². The summed E-state index contributed by atoms with van der Waals surface area (Å²) in [7, 11) is 3.18. The fourth-order valence-electron chi connectivity index (χ4n) is 3.77. The molecule has 162 valence electrons. The smallest absolute Gasteiger partial charge is 0.245 e. The third-order valence-corrected chi connectivity index (χ3v) is 6.23. The molecule has 8 heteroatoms. The van der Waals surface area contributed by atoms with E-state index in [9.17, 15) is 9.59 Å². The van der Waals surface area contributed by atoms with E-state index in [0.717, 1.165) is 29.0 Å². The van der Waals surface area contributed by atoms with E-state index in [0.29, 0.717) is 29.0 Å². The lowest BCUT2D eigenvalue weighted by Gasteiger charge is -2.20. The van der Waals surface area contributed by atoms with Gasteiger partial charge in [-0.2, -0.15) is 0 Å². The molecule has 0 saturated heterocycles. The van der Waals surface area contributed by atoms with Gasteiger partial charge in [0.05, 0.1) is 26.5 Å². The minimum absolute atomic E-state index is 0.0458. The van der Waals surface area contributed by atoms with Crippen molar-refractivity contribution in [1.29, 1.82) is 0 Å². The van der Waals surface area contributed by atoms with Gasteiger partial charge in [0.1, 0.15) is 0 Å².